The van der Waals surface area contributed by atoms with Gasteiger partial charge in [-0.3, -0.25) is 9.59 Å². The third-order valence-electron chi connectivity index (χ3n) is 4.82. The fraction of sp³-hybridized carbons (Fsp3) is 0.304. The molecule has 0 radical (unpaired) electrons. The average molecular weight is 438 g/mol. The standard InChI is InChI=1S/C23H27N5O2S/c1-4-17-11-9-10-16(3)22(17)25-21(30)15-31-23-27-26-19(28(23)5-2)14-20(29)24-18-12-7-6-8-13-18/h6-13H,4-5,14-15H2,1-3H3,(H,24,29)(H,25,30). The van der Waals surface area contributed by atoms with E-state index in [4.69, 9.17) is 0 Å². The van der Waals surface area contributed by atoms with Crippen LogP contribution in [0.1, 0.15) is 30.8 Å². The van der Waals surface area contributed by atoms with E-state index in [1.165, 1.54) is 11.8 Å². The average Bonchev–Trinajstić information content (AvgIpc) is 3.15. The molecule has 0 saturated heterocycles. The summed E-state index contributed by atoms with van der Waals surface area (Å²) in [5, 5.41) is 14.9. The largest absolute Gasteiger partial charge is 0.326 e. The van der Waals surface area contributed by atoms with Crippen molar-refractivity contribution in [2.75, 3.05) is 16.4 Å². The molecule has 8 heteroatoms. The summed E-state index contributed by atoms with van der Waals surface area (Å²) in [6.45, 7) is 6.64. The number of nitrogens with zero attached hydrogens (tertiary/aromatic N) is 3. The monoisotopic (exact) mass is 437 g/mol. The fourth-order valence-corrected chi connectivity index (χ4v) is 4.07. The van der Waals surface area contributed by atoms with Gasteiger partial charge >= 0.3 is 0 Å². The Morgan fingerprint density at radius 1 is 0.968 bits per heavy atom. The Bertz CT molecular complexity index is 1050. The van der Waals surface area contributed by atoms with Gasteiger partial charge in [0.15, 0.2) is 5.16 Å². The van der Waals surface area contributed by atoms with Crippen LogP contribution in [0.2, 0.25) is 0 Å². The lowest BCUT2D eigenvalue weighted by molar-refractivity contribution is -0.116. The Labute approximate surface area is 186 Å². The number of carbonyl (C=O) groups is 2. The predicted octanol–water partition coefficient (Wildman–Crippen LogP) is 4.08. The molecule has 0 fully saturated rings. The summed E-state index contributed by atoms with van der Waals surface area (Å²) in [5.41, 5.74) is 3.78. The van der Waals surface area contributed by atoms with Gasteiger partial charge < -0.3 is 15.2 Å². The Hall–Kier alpha value is -3.13. The number of aryl methyl sites for hydroxylation is 2. The first kappa shape index (κ1) is 22.6. The molecule has 0 aliphatic carbocycles. The number of aromatic nitrogens is 3. The molecule has 0 atom stereocenters. The smallest absolute Gasteiger partial charge is 0.234 e. The van der Waals surface area contributed by atoms with Gasteiger partial charge in [-0.1, -0.05) is 55.1 Å². The van der Waals surface area contributed by atoms with Crippen LogP contribution in [0, 0.1) is 6.92 Å². The lowest BCUT2D eigenvalue weighted by Crippen LogP contribution is -2.18. The second kappa shape index (κ2) is 10.8. The molecule has 0 unspecified atom stereocenters. The van der Waals surface area contributed by atoms with Crippen molar-refractivity contribution < 1.29 is 9.59 Å². The number of hydrogen-bond acceptors (Lipinski definition) is 5. The molecule has 1 heterocycles. The van der Waals surface area contributed by atoms with Gasteiger partial charge in [-0.25, -0.2) is 0 Å². The highest BCUT2D eigenvalue weighted by Gasteiger charge is 2.16. The maximum atomic E-state index is 12.5. The lowest BCUT2D eigenvalue weighted by atomic mass is 10.1. The summed E-state index contributed by atoms with van der Waals surface area (Å²) in [4.78, 5) is 24.9. The molecule has 162 valence electrons. The Morgan fingerprint density at radius 3 is 2.45 bits per heavy atom. The van der Waals surface area contributed by atoms with E-state index in [9.17, 15) is 9.59 Å². The third kappa shape index (κ3) is 5.95. The van der Waals surface area contributed by atoms with Crippen molar-refractivity contribution in [2.24, 2.45) is 0 Å². The number of hydrogen-bond donors (Lipinski definition) is 2. The maximum Gasteiger partial charge on any atom is 0.234 e. The third-order valence-corrected chi connectivity index (χ3v) is 5.79. The highest BCUT2D eigenvalue weighted by atomic mass is 32.2. The lowest BCUT2D eigenvalue weighted by Gasteiger charge is -2.13. The second-order valence-electron chi connectivity index (χ2n) is 7.03. The number of nitrogens with one attached hydrogen (secondary N) is 2. The molecule has 1 aromatic heterocycles. The van der Waals surface area contributed by atoms with E-state index < -0.39 is 0 Å². The zero-order valence-corrected chi connectivity index (χ0v) is 18.8. The molecule has 0 aliphatic heterocycles. The summed E-state index contributed by atoms with van der Waals surface area (Å²) in [5.74, 6) is 0.537. The van der Waals surface area contributed by atoms with E-state index in [1.54, 1.807) is 0 Å². The predicted molar refractivity (Wildman–Crippen MR) is 124 cm³/mol. The zero-order chi connectivity index (χ0) is 22.2. The fourth-order valence-electron chi connectivity index (χ4n) is 3.25. The van der Waals surface area contributed by atoms with E-state index >= 15 is 0 Å². The van der Waals surface area contributed by atoms with Gasteiger partial charge in [-0.15, -0.1) is 10.2 Å². The normalized spacial score (nSPS) is 10.7. The molecule has 0 spiro atoms. The summed E-state index contributed by atoms with van der Waals surface area (Å²) in [6.07, 6.45) is 0.967. The molecule has 2 N–H and O–H groups in total. The van der Waals surface area contributed by atoms with E-state index in [1.807, 2.05) is 66.9 Å². The van der Waals surface area contributed by atoms with Crippen molar-refractivity contribution in [1.29, 1.82) is 0 Å². The van der Waals surface area contributed by atoms with Gasteiger partial charge in [0.1, 0.15) is 5.82 Å². The van der Waals surface area contributed by atoms with Crippen molar-refractivity contribution in [3.8, 4) is 0 Å². The summed E-state index contributed by atoms with van der Waals surface area (Å²) >= 11 is 1.32. The van der Waals surface area contributed by atoms with Gasteiger partial charge in [0.2, 0.25) is 11.8 Å². The van der Waals surface area contributed by atoms with Gasteiger partial charge in [-0.2, -0.15) is 0 Å². The van der Waals surface area contributed by atoms with E-state index in [-0.39, 0.29) is 24.0 Å². The van der Waals surface area contributed by atoms with Gasteiger partial charge in [0.25, 0.3) is 0 Å². The van der Waals surface area contributed by atoms with Gasteiger partial charge in [-0.05, 0) is 43.5 Å². The van der Waals surface area contributed by atoms with Crippen molar-refractivity contribution in [3.63, 3.8) is 0 Å². The number of para-hydroxylation sites is 2. The van der Waals surface area contributed by atoms with E-state index in [2.05, 4.69) is 27.8 Å². The van der Waals surface area contributed by atoms with Crippen LogP contribution >= 0.6 is 11.8 Å². The second-order valence-corrected chi connectivity index (χ2v) is 7.98. The van der Waals surface area contributed by atoms with Crippen LogP contribution in [-0.4, -0.2) is 32.3 Å². The molecule has 2 aromatic carbocycles. The quantitative estimate of drug-likeness (QED) is 0.493. The van der Waals surface area contributed by atoms with E-state index in [0.29, 0.717) is 17.5 Å². The summed E-state index contributed by atoms with van der Waals surface area (Å²) in [6, 6.07) is 15.3. The van der Waals surface area contributed by atoms with Crippen molar-refractivity contribution >= 4 is 35.0 Å². The molecule has 0 saturated carbocycles. The Kier molecular flexibility index (Phi) is 7.83. The molecular weight excluding hydrogens is 410 g/mol. The Balaban J connectivity index is 1.61. The van der Waals surface area contributed by atoms with Crippen LogP contribution < -0.4 is 10.6 Å². The number of thioether (sulfide) groups is 1. The van der Waals surface area contributed by atoms with Gasteiger partial charge in [0.05, 0.1) is 12.2 Å². The highest BCUT2D eigenvalue weighted by Crippen LogP contribution is 2.23. The molecule has 2 amide bonds. The molecule has 3 rings (SSSR count). The molecule has 7 nitrogen and oxygen atoms in total. The molecule has 0 aliphatic rings. The van der Waals surface area contributed by atoms with Crippen LogP contribution in [0.15, 0.2) is 53.7 Å². The number of benzene rings is 2. The topological polar surface area (TPSA) is 88.9 Å². The number of anilines is 2. The minimum atomic E-state index is -0.158. The number of rotatable bonds is 9. The van der Waals surface area contributed by atoms with Crippen LogP contribution in [0.25, 0.3) is 0 Å². The highest BCUT2D eigenvalue weighted by molar-refractivity contribution is 7.99. The van der Waals surface area contributed by atoms with E-state index in [0.717, 1.165) is 28.9 Å². The molecular formula is C23H27N5O2S. The molecule has 3 aromatic rings. The summed E-state index contributed by atoms with van der Waals surface area (Å²) < 4.78 is 1.87. The van der Waals surface area contributed by atoms with Crippen molar-refractivity contribution in [2.45, 2.75) is 45.3 Å². The minimum absolute atomic E-state index is 0.0944. The Morgan fingerprint density at radius 2 is 1.74 bits per heavy atom. The van der Waals surface area contributed by atoms with Crippen LogP contribution in [-0.2, 0) is 29.0 Å². The number of amides is 2. The van der Waals surface area contributed by atoms with Crippen molar-refractivity contribution in [1.82, 2.24) is 14.8 Å². The molecule has 31 heavy (non-hydrogen) atoms. The van der Waals surface area contributed by atoms with Crippen LogP contribution in [0.4, 0.5) is 11.4 Å². The first-order valence-electron chi connectivity index (χ1n) is 10.3. The first-order valence-corrected chi connectivity index (χ1v) is 11.3. The SMILES string of the molecule is CCc1cccc(C)c1NC(=O)CSc1nnc(CC(=O)Nc2ccccc2)n1CC. The first-order chi connectivity index (χ1) is 15.0. The van der Waals surface area contributed by atoms with Crippen molar-refractivity contribution in [3.05, 3.63) is 65.5 Å². The van der Waals surface area contributed by atoms with Gasteiger partial charge in [0, 0.05) is 17.9 Å². The molecule has 0 bridgehead atoms. The van der Waals surface area contributed by atoms with Crippen LogP contribution in [0.3, 0.4) is 0 Å². The maximum absolute atomic E-state index is 12.5. The minimum Gasteiger partial charge on any atom is -0.326 e. The number of carbonyl (C=O) groups excluding carboxylic acids is 2. The summed E-state index contributed by atoms with van der Waals surface area (Å²) in [7, 11) is 0. The zero-order valence-electron chi connectivity index (χ0n) is 18.0. The van der Waals surface area contributed by atoms with Crippen LogP contribution in [0.5, 0.6) is 0 Å².